The number of halogens is 1. The molecule has 0 aliphatic rings. The third-order valence-corrected chi connectivity index (χ3v) is 5.93. The van der Waals surface area contributed by atoms with E-state index >= 15 is 0 Å². The molecule has 3 aromatic rings. The molecule has 0 aromatic heterocycles. The highest BCUT2D eigenvalue weighted by atomic mass is 35.5. The van der Waals surface area contributed by atoms with Crippen LogP contribution >= 0.6 is 23.4 Å². The Balaban J connectivity index is 1.50. The number of thioether (sulfide) groups is 1. The molecular weight excluding hydrogens is 374 g/mol. The molecule has 0 unspecified atom stereocenters. The maximum absolute atomic E-state index is 12.2. The fourth-order valence-electron chi connectivity index (χ4n) is 2.99. The zero-order valence-electron chi connectivity index (χ0n) is 15.7. The van der Waals surface area contributed by atoms with Gasteiger partial charge < -0.3 is 5.32 Å². The second-order valence-electron chi connectivity index (χ2n) is 6.88. The predicted octanol–water partition coefficient (Wildman–Crippen LogP) is 6.07. The van der Waals surface area contributed by atoms with Crippen LogP contribution in [-0.4, -0.2) is 18.2 Å². The van der Waals surface area contributed by atoms with Gasteiger partial charge in [-0.05, 0) is 41.0 Å². The number of hydrogen-bond acceptors (Lipinski definition) is 2. The van der Waals surface area contributed by atoms with E-state index in [4.69, 9.17) is 11.6 Å². The Kier molecular flexibility index (Phi) is 6.81. The van der Waals surface area contributed by atoms with Gasteiger partial charge in [0.05, 0.1) is 5.75 Å². The summed E-state index contributed by atoms with van der Waals surface area (Å²) in [5.41, 5.74) is 2.58. The van der Waals surface area contributed by atoms with Crippen LogP contribution in [0.5, 0.6) is 0 Å². The van der Waals surface area contributed by atoms with Gasteiger partial charge in [0.15, 0.2) is 0 Å². The van der Waals surface area contributed by atoms with Crippen molar-refractivity contribution >= 4 is 40.0 Å². The van der Waals surface area contributed by atoms with E-state index in [-0.39, 0.29) is 5.91 Å². The fraction of sp³-hybridized carbons (Fsp3) is 0.261. The first-order valence-corrected chi connectivity index (χ1v) is 10.6. The van der Waals surface area contributed by atoms with Crippen molar-refractivity contribution in [3.63, 3.8) is 0 Å². The van der Waals surface area contributed by atoms with Crippen LogP contribution < -0.4 is 5.32 Å². The molecule has 0 radical (unpaired) electrons. The lowest BCUT2D eigenvalue weighted by atomic mass is 10.0. The summed E-state index contributed by atoms with van der Waals surface area (Å²) in [4.78, 5) is 13.2. The molecule has 0 saturated carbocycles. The van der Waals surface area contributed by atoms with Crippen LogP contribution in [0.25, 0.3) is 10.8 Å². The van der Waals surface area contributed by atoms with Gasteiger partial charge in [-0.3, -0.25) is 4.79 Å². The summed E-state index contributed by atoms with van der Waals surface area (Å²) in [6.45, 7) is 5.03. The largest absolute Gasteiger partial charge is 0.355 e. The van der Waals surface area contributed by atoms with Gasteiger partial charge in [-0.1, -0.05) is 74.0 Å². The molecule has 3 rings (SSSR count). The molecule has 0 atom stereocenters. The molecule has 3 aromatic carbocycles. The van der Waals surface area contributed by atoms with Crippen LogP contribution in [0, 0.1) is 0 Å². The maximum atomic E-state index is 12.2. The molecule has 1 N–H and O–H groups in total. The Morgan fingerprint density at radius 1 is 1.04 bits per heavy atom. The van der Waals surface area contributed by atoms with Crippen molar-refractivity contribution < 1.29 is 4.79 Å². The van der Waals surface area contributed by atoms with Crippen molar-refractivity contribution in [2.45, 2.75) is 31.1 Å². The Bertz CT molecular complexity index is 916. The Morgan fingerprint density at radius 2 is 1.74 bits per heavy atom. The average Bonchev–Trinajstić information content (AvgIpc) is 2.67. The summed E-state index contributed by atoms with van der Waals surface area (Å²) in [6.07, 6.45) is 0.842. The van der Waals surface area contributed by atoms with Crippen LogP contribution in [0.15, 0.2) is 65.6 Å². The maximum Gasteiger partial charge on any atom is 0.230 e. The van der Waals surface area contributed by atoms with Gasteiger partial charge in [0.25, 0.3) is 0 Å². The van der Waals surface area contributed by atoms with E-state index in [0.29, 0.717) is 18.2 Å². The van der Waals surface area contributed by atoms with Gasteiger partial charge in [-0.2, -0.15) is 0 Å². The minimum absolute atomic E-state index is 0.0443. The van der Waals surface area contributed by atoms with Crippen LogP contribution in [0.3, 0.4) is 0 Å². The highest BCUT2D eigenvalue weighted by molar-refractivity contribution is 8.00. The van der Waals surface area contributed by atoms with E-state index in [1.807, 2.05) is 36.4 Å². The highest BCUT2D eigenvalue weighted by Gasteiger charge is 2.08. The molecule has 1 amide bonds. The van der Waals surface area contributed by atoms with Crippen molar-refractivity contribution in [1.82, 2.24) is 5.32 Å². The molecule has 0 saturated heterocycles. The number of carbonyl (C=O) groups excluding carboxylic acids is 1. The molecule has 0 heterocycles. The van der Waals surface area contributed by atoms with Crippen molar-refractivity contribution in [3.05, 3.63) is 76.8 Å². The summed E-state index contributed by atoms with van der Waals surface area (Å²) in [7, 11) is 0. The highest BCUT2D eigenvalue weighted by Crippen LogP contribution is 2.33. The molecule has 27 heavy (non-hydrogen) atoms. The second kappa shape index (κ2) is 9.29. The zero-order valence-corrected chi connectivity index (χ0v) is 17.2. The minimum Gasteiger partial charge on any atom is -0.355 e. The number of amides is 1. The molecule has 140 valence electrons. The monoisotopic (exact) mass is 397 g/mol. The summed E-state index contributed by atoms with van der Waals surface area (Å²) in [5, 5.41) is 5.85. The van der Waals surface area contributed by atoms with Crippen LogP contribution in [0.1, 0.15) is 30.9 Å². The molecule has 4 heteroatoms. The molecule has 0 fully saturated rings. The molecule has 0 bridgehead atoms. The number of nitrogens with one attached hydrogen (secondary N) is 1. The quantitative estimate of drug-likeness (QED) is 0.490. The minimum atomic E-state index is 0.0443. The summed E-state index contributed by atoms with van der Waals surface area (Å²) < 4.78 is 0. The van der Waals surface area contributed by atoms with E-state index in [9.17, 15) is 4.79 Å². The number of fused-ring (bicyclic) bond motifs is 1. The third kappa shape index (κ3) is 5.27. The van der Waals surface area contributed by atoms with Crippen molar-refractivity contribution in [1.29, 1.82) is 0 Å². The van der Waals surface area contributed by atoms with Gasteiger partial charge in [0, 0.05) is 21.8 Å². The number of benzene rings is 3. The standard InChI is InChI=1S/C23H24ClNOS/c1-16(2)18-11-9-17(10-12-18)13-14-25-22(26)15-27-21-8-4-6-19-5-3-7-20(24)23(19)21/h3-12,16H,13-15H2,1-2H3,(H,25,26). The summed E-state index contributed by atoms with van der Waals surface area (Å²) in [6, 6.07) is 20.6. The molecule has 0 spiro atoms. The van der Waals surface area contributed by atoms with Crippen molar-refractivity contribution in [2.75, 3.05) is 12.3 Å². The molecule has 0 aliphatic heterocycles. The number of hydrogen-bond donors (Lipinski definition) is 1. The lowest BCUT2D eigenvalue weighted by Crippen LogP contribution is -2.27. The first-order chi connectivity index (χ1) is 13.0. The zero-order chi connectivity index (χ0) is 19.2. The third-order valence-electron chi connectivity index (χ3n) is 4.56. The Hall–Kier alpha value is -1.97. The van der Waals surface area contributed by atoms with Crippen LogP contribution in [0.2, 0.25) is 5.02 Å². The summed E-state index contributed by atoms with van der Waals surface area (Å²) in [5.74, 6) is 0.970. The van der Waals surface area contributed by atoms with E-state index < -0.39 is 0 Å². The van der Waals surface area contributed by atoms with Crippen LogP contribution in [0.4, 0.5) is 0 Å². The average molecular weight is 398 g/mol. The second-order valence-corrected chi connectivity index (χ2v) is 8.30. The van der Waals surface area contributed by atoms with Gasteiger partial charge >= 0.3 is 0 Å². The van der Waals surface area contributed by atoms with Gasteiger partial charge in [0.2, 0.25) is 5.91 Å². The van der Waals surface area contributed by atoms with Gasteiger partial charge in [-0.25, -0.2) is 0 Å². The van der Waals surface area contributed by atoms with E-state index in [1.54, 1.807) is 0 Å². The van der Waals surface area contributed by atoms with Crippen LogP contribution in [-0.2, 0) is 11.2 Å². The van der Waals surface area contributed by atoms with E-state index in [0.717, 1.165) is 27.1 Å². The molecule has 0 aliphatic carbocycles. The predicted molar refractivity (Wildman–Crippen MR) is 117 cm³/mol. The lowest BCUT2D eigenvalue weighted by Gasteiger charge is -2.09. The Labute approximate surface area is 170 Å². The summed E-state index contributed by atoms with van der Waals surface area (Å²) >= 11 is 7.87. The van der Waals surface area contributed by atoms with Crippen molar-refractivity contribution in [3.8, 4) is 0 Å². The lowest BCUT2D eigenvalue weighted by molar-refractivity contribution is -0.118. The smallest absolute Gasteiger partial charge is 0.230 e. The molecular formula is C23H24ClNOS. The number of rotatable bonds is 7. The Morgan fingerprint density at radius 3 is 2.44 bits per heavy atom. The van der Waals surface area contributed by atoms with Crippen molar-refractivity contribution in [2.24, 2.45) is 0 Å². The normalized spacial score (nSPS) is 11.1. The number of carbonyl (C=O) groups is 1. The van der Waals surface area contributed by atoms with Gasteiger partial charge in [-0.15, -0.1) is 11.8 Å². The first kappa shape index (κ1) is 19.8. The SMILES string of the molecule is CC(C)c1ccc(CCNC(=O)CSc2cccc3cccc(Cl)c23)cc1. The fourth-order valence-corrected chi connectivity index (χ4v) is 4.27. The first-order valence-electron chi connectivity index (χ1n) is 9.20. The van der Waals surface area contributed by atoms with Gasteiger partial charge in [0.1, 0.15) is 0 Å². The van der Waals surface area contributed by atoms with E-state index in [1.165, 1.54) is 22.9 Å². The molecule has 2 nitrogen and oxygen atoms in total. The van der Waals surface area contributed by atoms with E-state index in [2.05, 4.69) is 43.4 Å². The topological polar surface area (TPSA) is 29.1 Å².